The molecule has 5 nitrogen and oxygen atoms in total. The monoisotopic (exact) mass is 254 g/mol. The van der Waals surface area contributed by atoms with E-state index in [-0.39, 0.29) is 0 Å². The first-order valence-corrected chi connectivity index (χ1v) is 6.17. The predicted molar refractivity (Wildman–Crippen MR) is 73.7 cm³/mol. The lowest BCUT2D eigenvalue weighted by Gasteiger charge is -2.09. The molecule has 5 heteroatoms. The number of ether oxygens (including phenoxy) is 1. The number of nitrogens with one attached hydrogen (secondary N) is 1. The van der Waals surface area contributed by atoms with Crippen molar-refractivity contribution in [1.82, 2.24) is 14.4 Å². The van der Waals surface area contributed by atoms with E-state index in [4.69, 9.17) is 4.74 Å². The summed E-state index contributed by atoms with van der Waals surface area (Å²) >= 11 is 0. The van der Waals surface area contributed by atoms with Gasteiger partial charge in [0.25, 0.3) is 5.88 Å². The quantitative estimate of drug-likeness (QED) is 0.777. The highest BCUT2D eigenvalue weighted by Gasteiger charge is 2.09. The normalized spacial score (nSPS) is 10.6. The van der Waals surface area contributed by atoms with E-state index in [0.29, 0.717) is 11.5 Å². The lowest BCUT2D eigenvalue weighted by atomic mass is 10.3. The fourth-order valence-corrected chi connectivity index (χ4v) is 1.84. The van der Waals surface area contributed by atoms with Gasteiger partial charge in [-0.3, -0.25) is 4.40 Å². The molecule has 0 bridgehead atoms. The Bertz CT molecular complexity index is 678. The van der Waals surface area contributed by atoms with E-state index >= 15 is 0 Å². The van der Waals surface area contributed by atoms with Crippen LogP contribution in [0.25, 0.3) is 5.65 Å². The van der Waals surface area contributed by atoms with Crippen LogP contribution in [0, 0.1) is 0 Å². The molecule has 0 amide bonds. The van der Waals surface area contributed by atoms with Crippen molar-refractivity contribution in [2.45, 2.75) is 6.92 Å². The molecule has 0 aliphatic carbocycles. The molecule has 0 spiro atoms. The minimum Gasteiger partial charge on any atom is -0.436 e. The smallest absolute Gasteiger partial charge is 0.265 e. The van der Waals surface area contributed by atoms with Crippen LogP contribution in [0.2, 0.25) is 0 Å². The summed E-state index contributed by atoms with van der Waals surface area (Å²) in [5.41, 5.74) is 0.700. The van der Waals surface area contributed by atoms with Crippen molar-refractivity contribution >= 4 is 11.5 Å². The van der Waals surface area contributed by atoms with Gasteiger partial charge in [-0.15, -0.1) is 0 Å². The van der Waals surface area contributed by atoms with Gasteiger partial charge in [-0.05, 0) is 19.1 Å². The van der Waals surface area contributed by atoms with E-state index in [2.05, 4.69) is 15.3 Å². The van der Waals surface area contributed by atoms with Crippen LogP contribution in [0.5, 0.6) is 11.6 Å². The minimum absolute atomic E-state index is 0.495. The van der Waals surface area contributed by atoms with Gasteiger partial charge in [0.05, 0.1) is 6.20 Å². The summed E-state index contributed by atoms with van der Waals surface area (Å²) in [5, 5.41) is 3.18. The van der Waals surface area contributed by atoms with Crippen LogP contribution in [-0.4, -0.2) is 20.9 Å². The van der Waals surface area contributed by atoms with Crippen LogP contribution in [0.3, 0.4) is 0 Å². The molecule has 0 aliphatic rings. The van der Waals surface area contributed by atoms with Gasteiger partial charge in [-0.1, -0.05) is 18.2 Å². The van der Waals surface area contributed by atoms with E-state index in [1.165, 1.54) is 0 Å². The summed E-state index contributed by atoms with van der Waals surface area (Å²) in [6.45, 7) is 2.83. The maximum atomic E-state index is 5.80. The molecule has 0 aliphatic heterocycles. The summed E-state index contributed by atoms with van der Waals surface area (Å²) in [6, 6.07) is 9.57. The molecule has 3 aromatic rings. The first kappa shape index (κ1) is 11.5. The number of hydrogen-bond donors (Lipinski definition) is 1. The molecule has 0 atom stereocenters. The summed E-state index contributed by atoms with van der Waals surface area (Å²) < 4.78 is 7.69. The van der Waals surface area contributed by atoms with Gasteiger partial charge >= 0.3 is 0 Å². The highest BCUT2D eigenvalue weighted by atomic mass is 16.5. The van der Waals surface area contributed by atoms with Gasteiger partial charge < -0.3 is 10.1 Å². The topological polar surface area (TPSA) is 51.5 Å². The average Bonchev–Trinajstić information content (AvgIpc) is 2.89. The Kier molecular flexibility index (Phi) is 3.02. The lowest BCUT2D eigenvalue weighted by Crippen LogP contribution is -2.03. The van der Waals surface area contributed by atoms with Crippen molar-refractivity contribution in [1.29, 1.82) is 0 Å². The van der Waals surface area contributed by atoms with Crippen molar-refractivity contribution < 1.29 is 4.74 Å². The minimum atomic E-state index is 0.495. The number of benzene rings is 1. The van der Waals surface area contributed by atoms with Crippen molar-refractivity contribution in [3.8, 4) is 11.6 Å². The Balaban J connectivity index is 2.03. The Morgan fingerprint density at radius 3 is 2.89 bits per heavy atom. The predicted octanol–water partition coefficient (Wildman–Crippen LogP) is 2.95. The largest absolute Gasteiger partial charge is 0.436 e. The Hall–Kier alpha value is -2.56. The van der Waals surface area contributed by atoms with Gasteiger partial charge in [0.2, 0.25) is 5.65 Å². The number of anilines is 1. The number of para-hydroxylation sites is 1. The van der Waals surface area contributed by atoms with Crippen LogP contribution in [0.1, 0.15) is 6.92 Å². The molecule has 2 aromatic heterocycles. The average molecular weight is 254 g/mol. The van der Waals surface area contributed by atoms with Gasteiger partial charge in [0.15, 0.2) is 0 Å². The number of imidazole rings is 1. The highest BCUT2D eigenvalue weighted by molar-refractivity contribution is 5.54. The molecular formula is C14H14N4O. The second-order valence-electron chi connectivity index (χ2n) is 4.03. The number of aromatic nitrogens is 3. The fourth-order valence-electron chi connectivity index (χ4n) is 1.84. The number of hydrogen-bond acceptors (Lipinski definition) is 4. The SMILES string of the molecule is CCNc1cn2ccnc2c(Oc2ccccc2)n1. The van der Waals surface area contributed by atoms with Gasteiger partial charge in [0.1, 0.15) is 11.6 Å². The molecule has 3 rings (SSSR count). The molecule has 1 N–H and O–H groups in total. The lowest BCUT2D eigenvalue weighted by molar-refractivity contribution is 0.465. The zero-order valence-electron chi connectivity index (χ0n) is 10.6. The molecule has 0 saturated carbocycles. The highest BCUT2D eigenvalue weighted by Crippen LogP contribution is 2.24. The maximum absolute atomic E-state index is 5.80. The number of nitrogens with zero attached hydrogens (tertiary/aromatic N) is 3. The molecule has 2 heterocycles. The molecule has 0 saturated heterocycles. The van der Waals surface area contributed by atoms with Crippen LogP contribution in [0.15, 0.2) is 48.9 Å². The van der Waals surface area contributed by atoms with Crippen molar-refractivity contribution in [2.24, 2.45) is 0 Å². The van der Waals surface area contributed by atoms with E-state index in [1.807, 2.05) is 54.0 Å². The van der Waals surface area contributed by atoms with Crippen molar-refractivity contribution in [2.75, 3.05) is 11.9 Å². The van der Waals surface area contributed by atoms with Gasteiger partial charge in [0, 0.05) is 18.9 Å². The van der Waals surface area contributed by atoms with Crippen LogP contribution >= 0.6 is 0 Å². The third-order valence-electron chi connectivity index (χ3n) is 2.66. The molecule has 0 unspecified atom stereocenters. The molecule has 19 heavy (non-hydrogen) atoms. The van der Waals surface area contributed by atoms with Crippen LogP contribution < -0.4 is 10.1 Å². The number of rotatable bonds is 4. The molecule has 0 radical (unpaired) electrons. The molecular weight excluding hydrogens is 240 g/mol. The van der Waals surface area contributed by atoms with E-state index in [0.717, 1.165) is 18.1 Å². The van der Waals surface area contributed by atoms with Crippen LogP contribution in [0.4, 0.5) is 5.82 Å². The fraction of sp³-hybridized carbons (Fsp3) is 0.143. The number of fused-ring (bicyclic) bond motifs is 1. The summed E-state index contributed by atoms with van der Waals surface area (Å²) in [5.74, 6) is 2.00. The van der Waals surface area contributed by atoms with Gasteiger partial charge in [-0.25, -0.2) is 4.98 Å². The zero-order chi connectivity index (χ0) is 13.1. The van der Waals surface area contributed by atoms with Crippen molar-refractivity contribution in [3.63, 3.8) is 0 Å². The van der Waals surface area contributed by atoms with Crippen molar-refractivity contribution in [3.05, 3.63) is 48.9 Å². The first-order chi connectivity index (χ1) is 9.36. The van der Waals surface area contributed by atoms with Crippen LogP contribution in [-0.2, 0) is 0 Å². The van der Waals surface area contributed by atoms with E-state index < -0.39 is 0 Å². The standard InChI is InChI=1S/C14H14N4O/c1-2-15-12-10-18-9-8-16-13(18)14(17-12)19-11-6-4-3-5-7-11/h3-10,15H,2H2,1H3. The molecule has 1 aromatic carbocycles. The second-order valence-corrected chi connectivity index (χ2v) is 4.03. The summed E-state index contributed by atoms with van der Waals surface area (Å²) in [4.78, 5) is 8.71. The first-order valence-electron chi connectivity index (χ1n) is 6.17. The van der Waals surface area contributed by atoms with E-state index in [9.17, 15) is 0 Å². The molecule has 0 fully saturated rings. The van der Waals surface area contributed by atoms with Gasteiger partial charge in [-0.2, -0.15) is 4.98 Å². The Labute approximate surface area is 110 Å². The Morgan fingerprint density at radius 1 is 1.26 bits per heavy atom. The maximum Gasteiger partial charge on any atom is 0.265 e. The third kappa shape index (κ3) is 2.35. The summed E-state index contributed by atoms with van der Waals surface area (Å²) in [7, 11) is 0. The second kappa shape index (κ2) is 4.97. The summed E-state index contributed by atoms with van der Waals surface area (Å²) in [6.07, 6.45) is 5.49. The van der Waals surface area contributed by atoms with E-state index in [1.54, 1.807) is 6.20 Å². The molecule has 96 valence electrons. The third-order valence-corrected chi connectivity index (χ3v) is 2.66. The Morgan fingerprint density at radius 2 is 2.11 bits per heavy atom. The zero-order valence-corrected chi connectivity index (χ0v) is 10.6.